The van der Waals surface area contributed by atoms with Gasteiger partial charge in [0.25, 0.3) is 0 Å². The zero-order chi connectivity index (χ0) is 11.5. The molecule has 0 bridgehead atoms. The molecule has 0 N–H and O–H groups in total. The number of hydrogen-bond donors (Lipinski definition) is 0. The molecule has 87 valence electrons. The van der Waals surface area contributed by atoms with Crippen molar-refractivity contribution in [1.82, 2.24) is 9.80 Å². The van der Waals surface area contributed by atoms with E-state index in [-0.39, 0.29) is 5.82 Å². The second-order valence-electron chi connectivity index (χ2n) is 4.69. The molecule has 1 fully saturated rings. The van der Waals surface area contributed by atoms with Gasteiger partial charge in [-0.15, -0.1) is 0 Å². The van der Waals surface area contributed by atoms with Gasteiger partial charge in [0.05, 0.1) is 0 Å². The molecule has 1 heterocycles. The number of likely N-dealkylation sites (N-methyl/N-ethyl adjacent to an activating group) is 1. The quantitative estimate of drug-likeness (QED) is 0.767. The Bertz CT molecular complexity index is 352. The van der Waals surface area contributed by atoms with Crippen molar-refractivity contribution in [2.24, 2.45) is 0 Å². The minimum atomic E-state index is -0.263. The summed E-state index contributed by atoms with van der Waals surface area (Å²) in [7, 11) is 4.23. The highest BCUT2D eigenvalue weighted by Gasteiger charge is 2.23. The first-order valence-electron chi connectivity index (χ1n) is 5.70. The predicted molar refractivity (Wildman–Crippen MR) is 62.6 cm³/mol. The topological polar surface area (TPSA) is 6.48 Å². The molecular formula is C13H18FN2. The van der Waals surface area contributed by atoms with E-state index < -0.39 is 0 Å². The molecule has 1 saturated heterocycles. The van der Waals surface area contributed by atoms with Gasteiger partial charge in [0, 0.05) is 31.7 Å². The van der Waals surface area contributed by atoms with E-state index in [1.807, 2.05) is 6.07 Å². The predicted octanol–water partition coefficient (Wildman–Crippen LogP) is 1.76. The molecule has 1 radical (unpaired) electrons. The van der Waals surface area contributed by atoms with Gasteiger partial charge < -0.3 is 4.90 Å². The Balaban J connectivity index is 1.92. The Kier molecular flexibility index (Phi) is 3.56. The standard InChI is InChI=1S/C13H18FN2/c1-15(2)13-6-7-16(10-13)9-11-4-3-5-12(14)8-11/h3-4,8,13H,6-7,9-10H2,1-2H3. The summed E-state index contributed by atoms with van der Waals surface area (Å²) in [5.74, 6) is -0.263. The fourth-order valence-corrected chi connectivity index (χ4v) is 2.21. The van der Waals surface area contributed by atoms with Crippen molar-refractivity contribution in [2.45, 2.75) is 19.0 Å². The SMILES string of the molecule is CN(C)C1CCN(Cc2cc[c]c(F)c2)C1. The zero-order valence-corrected chi connectivity index (χ0v) is 9.91. The number of benzene rings is 1. The van der Waals surface area contributed by atoms with Crippen LogP contribution in [-0.4, -0.2) is 43.0 Å². The average Bonchev–Trinajstić information content (AvgIpc) is 2.66. The molecule has 1 unspecified atom stereocenters. The summed E-state index contributed by atoms with van der Waals surface area (Å²) in [6.07, 6.45) is 1.20. The first-order chi connectivity index (χ1) is 7.65. The summed E-state index contributed by atoms with van der Waals surface area (Å²) in [4.78, 5) is 4.64. The van der Waals surface area contributed by atoms with Crippen LogP contribution in [0.25, 0.3) is 0 Å². The molecule has 0 amide bonds. The molecule has 0 saturated carbocycles. The highest BCUT2D eigenvalue weighted by molar-refractivity contribution is 5.15. The van der Waals surface area contributed by atoms with E-state index in [4.69, 9.17) is 0 Å². The Morgan fingerprint density at radius 2 is 2.38 bits per heavy atom. The lowest BCUT2D eigenvalue weighted by Crippen LogP contribution is -2.31. The fraction of sp³-hybridized carbons (Fsp3) is 0.538. The second-order valence-corrected chi connectivity index (χ2v) is 4.69. The first-order valence-corrected chi connectivity index (χ1v) is 5.70. The van der Waals surface area contributed by atoms with Gasteiger partial charge in [-0.05, 0) is 32.1 Å². The third-order valence-electron chi connectivity index (χ3n) is 3.21. The summed E-state index contributed by atoms with van der Waals surface area (Å²) in [5, 5.41) is 0. The van der Waals surface area contributed by atoms with Gasteiger partial charge in [-0.3, -0.25) is 4.90 Å². The lowest BCUT2D eigenvalue weighted by atomic mass is 10.2. The third-order valence-corrected chi connectivity index (χ3v) is 3.21. The molecule has 16 heavy (non-hydrogen) atoms. The largest absolute Gasteiger partial charge is 0.305 e. The molecule has 1 aliphatic rings. The molecule has 2 rings (SSSR count). The van der Waals surface area contributed by atoms with Gasteiger partial charge in [-0.25, -0.2) is 4.39 Å². The van der Waals surface area contributed by atoms with E-state index >= 15 is 0 Å². The van der Waals surface area contributed by atoms with Gasteiger partial charge in [-0.1, -0.05) is 12.1 Å². The van der Waals surface area contributed by atoms with Crippen LogP contribution in [0.2, 0.25) is 0 Å². The monoisotopic (exact) mass is 221 g/mol. The summed E-state index contributed by atoms with van der Waals surface area (Å²) >= 11 is 0. The van der Waals surface area contributed by atoms with E-state index in [9.17, 15) is 4.39 Å². The van der Waals surface area contributed by atoms with Crippen molar-refractivity contribution in [3.63, 3.8) is 0 Å². The average molecular weight is 221 g/mol. The highest BCUT2D eigenvalue weighted by Crippen LogP contribution is 2.16. The lowest BCUT2D eigenvalue weighted by Gasteiger charge is -2.20. The number of halogens is 1. The van der Waals surface area contributed by atoms with Crippen LogP contribution >= 0.6 is 0 Å². The number of rotatable bonds is 3. The maximum absolute atomic E-state index is 13.0. The summed E-state index contributed by atoms with van der Waals surface area (Å²) in [5.41, 5.74) is 1.04. The van der Waals surface area contributed by atoms with E-state index in [1.165, 1.54) is 6.42 Å². The molecular weight excluding hydrogens is 203 g/mol. The van der Waals surface area contributed by atoms with Crippen LogP contribution in [0.3, 0.4) is 0 Å². The van der Waals surface area contributed by atoms with Crippen molar-refractivity contribution in [1.29, 1.82) is 0 Å². The van der Waals surface area contributed by atoms with Gasteiger partial charge in [0.2, 0.25) is 0 Å². The Morgan fingerprint density at radius 3 is 3.00 bits per heavy atom. The van der Waals surface area contributed by atoms with Crippen molar-refractivity contribution in [3.05, 3.63) is 35.6 Å². The molecule has 2 nitrogen and oxygen atoms in total. The summed E-state index contributed by atoms with van der Waals surface area (Å²) in [6.45, 7) is 3.02. The van der Waals surface area contributed by atoms with Crippen LogP contribution in [0, 0.1) is 11.9 Å². The molecule has 3 heteroatoms. The van der Waals surface area contributed by atoms with E-state index in [0.717, 1.165) is 25.2 Å². The minimum absolute atomic E-state index is 0.263. The van der Waals surface area contributed by atoms with Gasteiger partial charge in [0.1, 0.15) is 5.82 Å². The van der Waals surface area contributed by atoms with Gasteiger partial charge >= 0.3 is 0 Å². The maximum Gasteiger partial charge on any atom is 0.131 e. The first kappa shape index (κ1) is 11.6. The number of hydrogen-bond acceptors (Lipinski definition) is 2. The minimum Gasteiger partial charge on any atom is -0.305 e. The molecule has 1 atom stereocenters. The second kappa shape index (κ2) is 4.93. The molecule has 0 aliphatic carbocycles. The van der Waals surface area contributed by atoms with Gasteiger partial charge in [-0.2, -0.15) is 0 Å². The van der Waals surface area contributed by atoms with Crippen LogP contribution < -0.4 is 0 Å². The van der Waals surface area contributed by atoms with Crippen LogP contribution in [0.5, 0.6) is 0 Å². The van der Waals surface area contributed by atoms with Gasteiger partial charge in [0.15, 0.2) is 0 Å². The molecule has 1 aromatic carbocycles. The van der Waals surface area contributed by atoms with E-state index in [2.05, 4.69) is 30.0 Å². The Labute approximate surface area is 96.7 Å². The summed E-state index contributed by atoms with van der Waals surface area (Å²) < 4.78 is 13.0. The maximum atomic E-state index is 13.0. The Morgan fingerprint density at radius 1 is 1.56 bits per heavy atom. The highest BCUT2D eigenvalue weighted by atomic mass is 19.1. The molecule has 0 spiro atoms. The lowest BCUT2D eigenvalue weighted by molar-refractivity contribution is 0.264. The number of likely N-dealkylation sites (tertiary alicyclic amines) is 1. The van der Waals surface area contributed by atoms with Crippen LogP contribution in [0.1, 0.15) is 12.0 Å². The normalized spacial score (nSPS) is 21.9. The Hall–Kier alpha value is -0.930. The van der Waals surface area contributed by atoms with Crippen molar-refractivity contribution >= 4 is 0 Å². The van der Waals surface area contributed by atoms with Crippen LogP contribution in [0.15, 0.2) is 18.2 Å². The summed E-state index contributed by atoms with van der Waals surface area (Å²) in [6, 6.07) is 8.34. The zero-order valence-electron chi connectivity index (χ0n) is 9.91. The van der Waals surface area contributed by atoms with E-state index in [1.54, 1.807) is 12.1 Å². The molecule has 1 aromatic rings. The van der Waals surface area contributed by atoms with Crippen LogP contribution in [0.4, 0.5) is 4.39 Å². The molecule has 1 aliphatic heterocycles. The van der Waals surface area contributed by atoms with Crippen molar-refractivity contribution in [3.8, 4) is 0 Å². The van der Waals surface area contributed by atoms with Crippen molar-refractivity contribution < 1.29 is 4.39 Å². The smallest absolute Gasteiger partial charge is 0.131 e. The van der Waals surface area contributed by atoms with Crippen LogP contribution in [-0.2, 0) is 6.54 Å². The third kappa shape index (κ3) is 2.80. The van der Waals surface area contributed by atoms with Crippen molar-refractivity contribution in [2.75, 3.05) is 27.2 Å². The molecule has 0 aromatic heterocycles. The van der Waals surface area contributed by atoms with E-state index in [0.29, 0.717) is 6.04 Å². The number of nitrogens with zero attached hydrogens (tertiary/aromatic N) is 2. The fourth-order valence-electron chi connectivity index (χ4n) is 2.21.